The molecule has 0 spiro atoms. The number of imidazole rings is 1. The molecule has 148 valence electrons. The number of amides is 1. The summed E-state index contributed by atoms with van der Waals surface area (Å²) in [7, 11) is 0. The molecule has 1 amide bonds. The Hall–Kier alpha value is -3.41. The zero-order valence-corrected chi connectivity index (χ0v) is 17.4. The standard InChI is InChI=1S/C23H25N5O/c1-15-13-18(16(2)27(15)17-9-8-12-24-14-17)21(29)26-22-25-19-10-6-7-11-20(19)28(22)23(3,4)5/h6-14H,1-5H3,(H,25,26,29). The maximum atomic E-state index is 13.2. The molecule has 0 atom stereocenters. The number of pyridine rings is 1. The van der Waals surface area contributed by atoms with Crippen molar-refractivity contribution in [3.63, 3.8) is 0 Å². The first kappa shape index (κ1) is 18.9. The molecule has 6 nitrogen and oxygen atoms in total. The number of benzene rings is 1. The van der Waals surface area contributed by atoms with Gasteiger partial charge in [-0.2, -0.15) is 0 Å². The Bertz CT molecular complexity index is 1200. The van der Waals surface area contributed by atoms with Gasteiger partial charge in [0.25, 0.3) is 5.91 Å². The Morgan fingerprint density at radius 3 is 2.52 bits per heavy atom. The molecule has 0 unspecified atom stereocenters. The molecule has 0 aliphatic rings. The van der Waals surface area contributed by atoms with Gasteiger partial charge in [0.1, 0.15) is 0 Å². The molecule has 4 rings (SSSR count). The van der Waals surface area contributed by atoms with Crippen molar-refractivity contribution in [2.24, 2.45) is 0 Å². The lowest BCUT2D eigenvalue weighted by Gasteiger charge is -2.24. The van der Waals surface area contributed by atoms with Crippen LogP contribution in [0.2, 0.25) is 0 Å². The van der Waals surface area contributed by atoms with Crippen molar-refractivity contribution in [1.29, 1.82) is 0 Å². The zero-order chi connectivity index (χ0) is 20.8. The van der Waals surface area contributed by atoms with Crippen LogP contribution in [0.3, 0.4) is 0 Å². The lowest BCUT2D eigenvalue weighted by atomic mass is 10.1. The van der Waals surface area contributed by atoms with Crippen LogP contribution in [0, 0.1) is 13.8 Å². The van der Waals surface area contributed by atoms with E-state index < -0.39 is 0 Å². The van der Waals surface area contributed by atoms with Crippen LogP contribution in [-0.2, 0) is 5.54 Å². The predicted molar refractivity (Wildman–Crippen MR) is 116 cm³/mol. The predicted octanol–water partition coefficient (Wildman–Crippen LogP) is 4.85. The van der Waals surface area contributed by atoms with Crippen molar-refractivity contribution >= 4 is 22.9 Å². The van der Waals surface area contributed by atoms with Crippen molar-refractivity contribution < 1.29 is 4.79 Å². The molecule has 0 saturated carbocycles. The van der Waals surface area contributed by atoms with E-state index in [1.165, 1.54) is 0 Å². The van der Waals surface area contributed by atoms with Gasteiger partial charge in [-0.3, -0.25) is 15.1 Å². The van der Waals surface area contributed by atoms with Gasteiger partial charge in [0, 0.05) is 23.1 Å². The molecule has 0 radical (unpaired) electrons. The van der Waals surface area contributed by atoms with Crippen molar-refractivity contribution in [3.8, 4) is 5.69 Å². The minimum atomic E-state index is -0.231. The fraction of sp³-hybridized carbons (Fsp3) is 0.261. The van der Waals surface area contributed by atoms with E-state index in [1.807, 2.05) is 60.9 Å². The first-order valence-corrected chi connectivity index (χ1v) is 9.66. The van der Waals surface area contributed by atoms with Crippen LogP contribution in [0.5, 0.6) is 0 Å². The molecule has 0 aliphatic carbocycles. The van der Waals surface area contributed by atoms with Crippen LogP contribution in [-0.4, -0.2) is 25.0 Å². The molecule has 1 N–H and O–H groups in total. The van der Waals surface area contributed by atoms with Gasteiger partial charge in [0.2, 0.25) is 5.95 Å². The van der Waals surface area contributed by atoms with Gasteiger partial charge < -0.3 is 9.13 Å². The van der Waals surface area contributed by atoms with E-state index in [2.05, 4.69) is 40.6 Å². The van der Waals surface area contributed by atoms with E-state index in [0.717, 1.165) is 28.1 Å². The summed E-state index contributed by atoms with van der Waals surface area (Å²) in [4.78, 5) is 22.1. The molecule has 29 heavy (non-hydrogen) atoms. The van der Waals surface area contributed by atoms with E-state index in [9.17, 15) is 4.79 Å². The van der Waals surface area contributed by atoms with Crippen LogP contribution < -0.4 is 5.32 Å². The third-order valence-corrected chi connectivity index (χ3v) is 5.04. The Morgan fingerprint density at radius 2 is 1.83 bits per heavy atom. The number of rotatable bonds is 3. The fourth-order valence-electron chi connectivity index (χ4n) is 3.83. The Balaban J connectivity index is 1.75. The molecular weight excluding hydrogens is 362 g/mol. The molecule has 0 aliphatic heterocycles. The second-order valence-electron chi connectivity index (χ2n) is 8.22. The second-order valence-corrected chi connectivity index (χ2v) is 8.22. The molecule has 6 heteroatoms. The summed E-state index contributed by atoms with van der Waals surface area (Å²) < 4.78 is 4.11. The number of nitrogens with zero attached hydrogens (tertiary/aromatic N) is 4. The van der Waals surface area contributed by atoms with Crippen LogP contribution >= 0.6 is 0 Å². The van der Waals surface area contributed by atoms with Gasteiger partial charge in [-0.05, 0) is 65.0 Å². The molecule has 0 bridgehead atoms. The number of nitrogens with one attached hydrogen (secondary N) is 1. The van der Waals surface area contributed by atoms with Crippen LogP contribution in [0.1, 0.15) is 42.5 Å². The van der Waals surface area contributed by atoms with Crippen LogP contribution in [0.15, 0.2) is 54.9 Å². The second kappa shape index (κ2) is 6.88. The van der Waals surface area contributed by atoms with Crippen molar-refractivity contribution in [2.75, 3.05) is 5.32 Å². The average Bonchev–Trinajstić information content (AvgIpc) is 3.18. The topological polar surface area (TPSA) is 64.7 Å². The van der Waals surface area contributed by atoms with E-state index in [-0.39, 0.29) is 11.4 Å². The maximum Gasteiger partial charge on any atom is 0.259 e. The molecule has 1 aromatic carbocycles. The summed E-state index contributed by atoms with van der Waals surface area (Å²) in [5.74, 6) is 0.379. The van der Waals surface area contributed by atoms with Crippen LogP contribution in [0.4, 0.5) is 5.95 Å². The highest BCUT2D eigenvalue weighted by atomic mass is 16.1. The molecular formula is C23H25N5O. The number of aryl methyl sites for hydroxylation is 1. The Kier molecular flexibility index (Phi) is 4.49. The van der Waals surface area contributed by atoms with Gasteiger partial charge in [0.15, 0.2) is 0 Å². The molecule has 3 heterocycles. The maximum absolute atomic E-state index is 13.2. The van der Waals surface area contributed by atoms with Gasteiger partial charge in [-0.15, -0.1) is 0 Å². The lowest BCUT2D eigenvalue weighted by molar-refractivity contribution is 0.102. The van der Waals surface area contributed by atoms with Gasteiger partial charge in [0.05, 0.1) is 28.5 Å². The highest BCUT2D eigenvalue weighted by molar-refractivity contribution is 6.05. The Labute approximate surface area is 170 Å². The summed E-state index contributed by atoms with van der Waals surface area (Å²) in [6.45, 7) is 10.2. The smallest absolute Gasteiger partial charge is 0.259 e. The minimum absolute atomic E-state index is 0.172. The first-order chi connectivity index (χ1) is 13.8. The summed E-state index contributed by atoms with van der Waals surface area (Å²) in [5, 5.41) is 3.04. The summed E-state index contributed by atoms with van der Waals surface area (Å²) in [6.07, 6.45) is 3.53. The quantitative estimate of drug-likeness (QED) is 0.547. The molecule has 4 aromatic rings. The van der Waals surface area contributed by atoms with Crippen molar-refractivity contribution in [3.05, 3.63) is 71.8 Å². The number of fused-ring (bicyclic) bond motifs is 1. The third kappa shape index (κ3) is 3.31. The van der Waals surface area contributed by atoms with Gasteiger partial charge in [-0.25, -0.2) is 4.98 Å². The number of hydrogen-bond acceptors (Lipinski definition) is 3. The monoisotopic (exact) mass is 387 g/mol. The first-order valence-electron chi connectivity index (χ1n) is 9.66. The van der Waals surface area contributed by atoms with Crippen molar-refractivity contribution in [1.82, 2.24) is 19.1 Å². The summed E-state index contributed by atoms with van der Waals surface area (Å²) in [5.41, 5.74) is 5.03. The minimum Gasteiger partial charge on any atom is -0.316 e. The highest BCUT2D eigenvalue weighted by Gasteiger charge is 2.24. The lowest BCUT2D eigenvalue weighted by Crippen LogP contribution is -2.26. The SMILES string of the molecule is Cc1cc(C(=O)Nc2nc3ccccc3n2C(C)(C)C)c(C)n1-c1cccnc1. The van der Waals surface area contributed by atoms with Crippen LogP contribution in [0.25, 0.3) is 16.7 Å². The number of para-hydroxylation sites is 2. The largest absolute Gasteiger partial charge is 0.316 e. The third-order valence-electron chi connectivity index (χ3n) is 5.04. The normalized spacial score (nSPS) is 11.8. The van der Waals surface area contributed by atoms with E-state index >= 15 is 0 Å². The van der Waals surface area contributed by atoms with E-state index in [1.54, 1.807) is 12.4 Å². The van der Waals surface area contributed by atoms with Gasteiger partial charge >= 0.3 is 0 Å². The highest BCUT2D eigenvalue weighted by Crippen LogP contribution is 2.29. The summed E-state index contributed by atoms with van der Waals surface area (Å²) in [6, 6.07) is 13.7. The Morgan fingerprint density at radius 1 is 1.07 bits per heavy atom. The number of anilines is 1. The molecule has 3 aromatic heterocycles. The molecule has 0 saturated heterocycles. The number of hydrogen-bond donors (Lipinski definition) is 1. The fourth-order valence-corrected chi connectivity index (χ4v) is 3.83. The zero-order valence-electron chi connectivity index (χ0n) is 17.4. The number of carbonyl (C=O) groups is 1. The van der Waals surface area contributed by atoms with Gasteiger partial charge in [-0.1, -0.05) is 12.1 Å². The van der Waals surface area contributed by atoms with Crippen molar-refractivity contribution in [2.45, 2.75) is 40.2 Å². The average molecular weight is 387 g/mol. The molecule has 0 fully saturated rings. The van der Waals surface area contributed by atoms with E-state index in [4.69, 9.17) is 0 Å². The summed E-state index contributed by atoms with van der Waals surface area (Å²) >= 11 is 0. The van der Waals surface area contributed by atoms with E-state index in [0.29, 0.717) is 11.5 Å². The number of aromatic nitrogens is 4. The number of carbonyl (C=O) groups excluding carboxylic acids is 1.